The summed E-state index contributed by atoms with van der Waals surface area (Å²) in [5.41, 5.74) is 2.53. The van der Waals surface area contributed by atoms with Crippen LogP contribution in [0.1, 0.15) is 17.2 Å². The molecule has 0 spiro atoms. The van der Waals surface area contributed by atoms with E-state index in [4.69, 9.17) is 0 Å². The average Bonchev–Trinajstić information content (AvgIpc) is 3.04. The number of hydrogen-bond acceptors (Lipinski definition) is 3. The summed E-state index contributed by atoms with van der Waals surface area (Å²) >= 11 is 0. The molecule has 1 aliphatic heterocycles. The number of rotatable bonds is 2. The lowest BCUT2D eigenvalue weighted by Crippen LogP contribution is -2.20. The van der Waals surface area contributed by atoms with Crippen molar-refractivity contribution in [2.75, 3.05) is 5.32 Å². The second kappa shape index (κ2) is 5.31. The van der Waals surface area contributed by atoms with Crippen LogP contribution in [0.3, 0.4) is 0 Å². The second-order valence-corrected chi connectivity index (χ2v) is 5.24. The normalized spacial score (nSPS) is 16.4. The van der Waals surface area contributed by atoms with Crippen LogP contribution in [-0.2, 0) is 0 Å². The van der Waals surface area contributed by atoms with Crippen LogP contribution < -0.4 is 5.32 Å². The van der Waals surface area contributed by atoms with Crippen molar-refractivity contribution in [1.29, 1.82) is 0 Å². The van der Waals surface area contributed by atoms with Crippen molar-refractivity contribution < 1.29 is 8.78 Å². The van der Waals surface area contributed by atoms with Crippen LogP contribution in [0, 0.1) is 11.6 Å². The third-order valence-corrected chi connectivity index (χ3v) is 3.77. The number of anilines is 1. The van der Waals surface area contributed by atoms with Crippen LogP contribution >= 0.6 is 0 Å². The molecule has 0 amide bonds. The van der Waals surface area contributed by atoms with Gasteiger partial charge in [0.1, 0.15) is 24.0 Å². The molecule has 0 radical (unpaired) electrons. The summed E-state index contributed by atoms with van der Waals surface area (Å²) in [6, 6.07) is 12.3. The quantitative estimate of drug-likeness (QED) is 0.786. The Bertz CT molecular complexity index is 866. The molecular formula is C17H12F2N4. The van der Waals surface area contributed by atoms with E-state index < -0.39 is 0 Å². The largest absolute Gasteiger partial charge is 0.324 e. The lowest BCUT2D eigenvalue weighted by molar-refractivity contribution is 0.603. The Hall–Kier alpha value is -3.02. The molecule has 2 heterocycles. The summed E-state index contributed by atoms with van der Waals surface area (Å²) < 4.78 is 28.0. The molecule has 0 aliphatic carbocycles. The van der Waals surface area contributed by atoms with Crippen molar-refractivity contribution in [3.63, 3.8) is 0 Å². The molecule has 1 aliphatic rings. The topological polar surface area (TPSA) is 42.7 Å². The Morgan fingerprint density at radius 3 is 2.26 bits per heavy atom. The maximum absolute atomic E-state index is 13.2. The minimum atomic E-state index is -0.289. The monoisotopic (exact) mass is 310 g/mol. The van der Waals surface area contributed by atoms with Gasteiger partial charge in [-0.15, -0.1) is 0 Å². The fraction of sp³-hybridized carbons (Fsp3) is 0.0588. The first kappa shape index (κ1) is 13.6. The predicted molar refractivity (Wildman–Crippen MR) is 82.6 cm³/mol. The van der Waals surface area contributed by atoms with Gasteiger partial charge in [-0.25, -0.2) is 13.5 Å². The molecule has 0 fully saturated rings. The number of halogens is 2. The Labute approximate surface area is 131 Å². The summed E-state index contributed by atoms with van der Waals surface area (Å²) in [4.78, 5) is 4.20. The van der Waals surface area contributed by atoms with Crippen LogP contribution in [0.4, 0.5) is 14.7 Å². The fourth-order valence-corrected chi connectivity index (χ4v) is 2.63. The number of aromatic nitrogens is 3. The highest BCUT2D eigenvalue weighted by atomic mass is 19.1. The summed E-state index contributed by atoms with van der Waals surface area (Å²) in [5.74, 6) is 0.00815. The standard InChI is InChI=1S/C17H12F2N4/c18-13-5-1-11(2-6-13)15-9-16(12-3-7-14(19)8-4-12)23-17(22-15)20-10-21-23/h1-10,16H,(H,20,21,22)/t16-/m0/s1. The maximum atomic E-state index is 13.2. The van der Waals surface area contributed by atoms with Crippen molar-refractivity contribution in [2.45, 2.75) is 6.04 Å². The third kappa shape index (κ3) is 2.48. The molecule has 0 unspecified atom stereocenters. The van der Waals surface area contributed by atoms with E-state index >= 15 is 0 Å². The SMILES string of the molecule is Fc1ccc(C2=C[C@@H](c3ccc(F)cc3)n3ncnc3N2)cc1. The lowest BCUT2D eigenvalue weighted by Gasteiger charge is -2.24. The number of nitrogens with zero attached hydrogens (tertiary/aromatic N) is 3. The Morgan fingerprint density at radius 1 is 0.913 bits per heavy atom. The van der Waals surface area contributed by atoms with E-state index in [0.717, 1.165) is 16.8 Å². The molecule has 6 heteroatoms. The van der Waals surface area contributed by atoms with Crippen molar-refractivity contribution in [2.24, 2.45) is 0 Å². The van der Waals surface area contributed by atoms with E-state index in [0.29, 0.717) is 5.95 Å². The van der Waals surface area contributed by atoms with Crippen LogP contribution in [0.2, 0.25) is 0 Å². The summed E-state index contributed by atoms with van der Waals surface area (Å²) in [6.45, 7) is 0. The molecule has 3 aromatic rings. The van der Waals surface area contributed by atoms with Crippen molar-refractivity contribution in [3.8, 4) is 0 Å². The van der Waals surface area contributed by atoms with Gasteiger partial charge in [-0.2, -0.15) is 10.1 Å². The van der Waals surface area contributed by atoms with Gasteiger partial charge in [0.2, 0.25) is 5.95 Å². The van der Waals surface area contributed by atoms with Gasteiger partial charge in [-0.3, -0.25) is 0 Å². The van der Waals surface area contributed by atoms with Gasteiger partial charge < -0.3 is 5.32 Å². The third-order valence-electron chi connectivity index (χ3n) is 3.77. The minimum absolute atomic E-state index is 0.214. The molecule has 4 nitrogen and oxygen atoms in total. The molecule has 2 aromatic carbocycles. The van der Waals surface area contributed by atoms with Crippen molar-refractivity contribution in [1.82, 2.24) is 14.8 Å². The molecule has 1 aromatic heterocycles. The van der Waals surface area contributed by atoms with Crippen LogP contribution in [0.5, 0.6) is 0 Å². The first-order chi connectivity index (χ1) is 11.2. The molecule has 114 valence electrons. The molecule has 1 N–H and O–H groups in total. The van der Waals surface area contributed by atoms with E-state index in [1.54, 1.807) is 28.9 Å². The molecule has 23 heavy (non-hydrogen) atoms. The molecule has 4 rings (SSSR count). The highest BCUT2D eigenvalue weighted by molar-refractivity contribution is 5.77. The number of hydrogen-bond donors (Lipinski definition) is 1. The Kier molecular flexibility index (Phi) is 3.15. The van der Waals surface area contributed by atoms with E-state index in [1.165, 1.54) is 30.6 Å². The molecule has 0 bridgehead atoms. The fourth-order valence-electron chi connectivity index (χ4n) is 2.63. The maximum Gasteiger partial charge on any atom is 0.226 e. The van der Waals surface area contributed by atoms with Gasteiger partial charge in [0.15, 0.2) is 0 Å². The van der Waals surface area contributed by atoms with Gasteiger partial charge in [0.05, 0.1) is 0 Å². The Morgan fingerprint density at radius 2 is 1.57 bits per heavy atom. The average molecular weight is 310 g/mol. The number of nitrogens with one attached hydrogen (secondary N) is 1. The zero-order valence-corrected chi connectivity index (χ0v) is 11.9. The minimum Gasteiger partial charge on any atom is -0.324 e. The zero-order valence-electron chi connectivity index (χ0n) is 11.9. The van der Waals surface area contributed by atoms with Gasteiger partial charge in [-0.1, -0.05) is 12.1 Å². The number of allylic oxidation sites excluding steroid dienone is 1. The first-order valence-corrected chi connectivity index (χ1v) is 7.10. The van der Waals surface area contributed by atoms with E-state index in [2.05, 4.69) is 15.4 Å². The van der Waals surface area contributed by atoms with Gasteiger partial charge >= 0.3 is 0 Å². The zero-order chi connectivity index (χ0) is 15.8. The smallest absolute Gasteiger partial charge is 0.226 e. The van der Waals surface area contributed by atoms with Gasteiger partial charge in [-0.05, 0) is 53.6 Å². The van der Waals surface area contributed by atoms with Gasteiger partial charge in [0, 0.05) is 5.70 Å². The highest BCUT2D eigenvalue weighted by Crippen LogP contribution is 2.31. The second-order valence-electron chi connectivity index (χ2n) is 5.24. The van der Waals surface area contributed by atoms with Crippen LogP contribution in [-0.4, -0.2) is 14.8 Å². The Balaban J connectivity index is 1.79. The molecule has 1 atom stereocenters. The van der Waals surface area contributed by atoms with Crippen LogP contribution in [0.15, 0.2) is 60.9 Å². The molecule has 0 saturated heterocycles. The lowest BCUT2D eigenvalue weighted by atomic mass is 10.0. The number of fused-ring (bicyclic) bond motifs is 1. The summed E-state index contributed by atoms with van der Waals surface area (Å²) in [5, 5.41) is 7.40. The van der Waals surface area contributed by atoms with E-state index in [-0.39, 0.29) is 17.7 Å². The molecular weight excluding hydrogens is 298 g/mol. The first-order valence-electron chi connectivity index (χ1n) is 7.10. The van der Waals surface area contributed by atoms with Crippen molar-refractivity contribution in [3.05, 3.63) is 83.7 Å². The van der Waals surface area contributed by atoms with E-state index in [9.17, 15) is 8.78 Å². The number of benzene rings is 2. The summed E-state index contributed by atoms with van der Waals surface area (Å²) in [7, 11) is 0. The predicted octanol–water partition coefficient (Wildman–Crippen LogP) is 3.61. The van der Waals surface area contributed by atoms with Crippen LogP contribution in [0.25, 0.3) is 5.70 Å². The highest BCUT2D eigenvalue weighted by Gasteiger charge is 2.23. The van der Waals surface area contributed by atoms with E-state index in [1.807, 2.05) is 6.08 Å². The van der Waals surface area contributed by atoms with Crippen molar-refractivity contribution >= 4 is 11.6 Å². The molecule has 0 saturated carbocycles. The summed E-state index contributed by atoms with van der Waals surface area (Å²) in [6.07, 6.45) is 3.42. The van der Waals surface area contributed by atoms with Gasteiger partial charge in [0.25, 0.3) is 0 Å².